The molecule has 3 amide bonds. The van der Waals surface area contributed by atoms with Crippen LogP contribution in [0.15, 0.2) is 0 Å². The van der Waals surface area contributed by atoms with E-state index in [1.165, 1.54) is 4.90 Å². The van der Waals surface area contributed by atoms with Gasteiger partial charge in [-0.05, 0) is 68.7 Å². The van der Waals surface area contributed by atoms with E-state index in [0.717, 1.165) is 4.90 Å². The van der Waals surface area contributed by atoms with Gasteiger partial charge in [0.05, 0.1) is 18.6 Å². The van der Waals surface area contributed by atoms with Gasteiger partial charge in [-0.1, -0.05) is 0 Å². The number of hydrogen-bond donors (Lipinski definition) is 1. The number of carbonyl (C=O) groups is 4. The lowest BCUT2D eigenvalue weighted by atomic mass is 10.1. The van der Waals surface area contributed by atoms with Crippen LogP contribution in [0.1, 0.15) is 68.7 Å². The number of amides is 3. The van der Waals surface area contributed by atoms with Gasteiger partial charge >= 0.3 is 18.2 Å². The molecule has 0 aromatic carbocycles. The maximum atomic E-state index is 12.7. The Morgan fingerprint density at radius 3 is 1.71 bits per heavy atom. The van der Waals surface area contributed by atoms with Crippen LogP contribution in [0.2, 0.25) is 0 Å². The maximum absolute atomic E-state index is 12.7. The van der Waals surface area contributed by atoms with E-state index in [4.69, 9.17) is 19.9 Å². The number of rotatable bonds is 4. The van der Waals surface area contributed by atoms with E-state index in [2.05, 4.69) is 0 Å². The van der Waals surface area contributed by atoms with E-state index in [1.807, 2.05) is 0 Å². The Labute approximate surface area is 184 Å². The van der Waals surface area contributed by atoms with Crippen LogP contribution in [-0.4, -0.2) is 75.8 Å². The van der Waals surface area contributed by atoms with Crippen LogP contribution in [0.25, 0.3) is 0 Å². The zero-order chi connectivity index (χ0) is 24.4. The van der Waals surface area contributed by atoms with Crippen LogP contribution in [0.5, 0.6) is 0 Å². The Morgan fingerprint density at radius 1 is 0.903 bits per heavy atom. The molecule has 1 saturated heterocycles. The Balaban J connectivity index is 3.10. The summed E-state index contributed by atoms with van der Waals surface area (Å²) < 4.78 is 16.0. The highest BCUT2D eigenvalue weighted by atomic mass is 16.6. The number of imide groups is 1. The van der Waals surface area contributed by atoms with Gasteiger partial charge < -0.3 is 24.8 Å². The molecule has 1 aliphatic heterocycles. The molecule has 0 bridgehead atoms. The van der Waals surface area contributed by atoms with Gasteiger partial charge in [0, 0.05) is 0 Å². The zero-order valence-corrected chi connectivity index (χ0v) is 20.1. The molecule has 0 saturated carbocycles. The Kier molecular flexibility index (Phi) is 8.10. The lowest BCUT2D eigenvalue weighted by Gasteiger charge is -2.32. The smallest absolute Gasteiger partial charge is 0.419 e. The Hall–Kier alpha value is -2.36. The monoisotopic (exact) mass is 443 g/mol. The number of nitrogens with zero attached hydrogens (tertiary/aromatic N) is 2. The van der Waals surface area contributed by atoms with Crippen LogP contribution in [0.4, 0.5) is 9.59 Å². The van der Waals surface area contributed by atoms with Crippen molar-refractivity contribution < 1.29 is 33.4 Å². The molecular formula is C21H37N3O7. The Morgan fingerprint density at radius 2 is 1.32 bits per heavy atom. The van der Waals surface area contributed by atoms with Crippen LogP contribution >= 0.6 is 0 Å². The van der Waals surface area contributed by atoms with Gasteiger partial charge in [0.25, 0.3) is 0 Å². The molecule has 0 aromatic heterocycles. The molecule has 1 rings (SSSR count). The van der Waals surface area contributed by atoms with E-state index < -0.39 is 52.9 Å². The van der Waals surface area contributed by atoms with E-state index >= 15 is 0 Å². The summed E-state index contributed by atoms with van der Waals surface area (Å²) in [5, 5.41) is 0. The standard InChI is InChI=1S/C21H37N3O7/c1-19(2,3)29-15(25)12-23-13(10-14(22)16(23)26)11-24(17(27)30-20(4,5)6)18(28)31-21(7,8)9/h13-14H,10-12,22H2,1-9H3/t13-,14+/m0/s1. The predicted octanol–water partition coefficient (Wildman–Crippen LogP) is 2.43. The molecule has 2 N–H and O–H groups in total. The first-order chi connectivity index (χ1) is 13.8. The van der Waals surface area contributed by atoms with Gasteiger partial charge in [-0.3, -0.25) is 9.59 Å². The molecule has 0 aromatic rings. The fourth-order valence-corrected chi connectivity index (χ4v) is 2.88. The van der Waals surface area contributed by atoms with Crippen molar-refractivity contribution >= 4 is 24.1 Å². The topological polar surface area (TPSA) is 128 Å². The molecule has 178 valence electrons. The fraction of sp³-hybridized carbons (Fsp3) is 0.810. The van der Waals surface area contributed by atoms with Crippen molar-refractivity contribution in [1.29, 1.82) is 0 Å². The summed E-state index contributed by atoms with van der Waals surface area (Å²) in [6.07, 6.45) is -1.66. The molecular weight excluding hydrogens is 406 g/mol. The van der Waals surface area contributed by atoms with Crippen molar-refractivity contribution in [1.82, 2.24) is 9.80 Å². The zero-order valence-electron chi connectivity index (χ0n) is 20.1. The van der Waals surface area contributed by atoms with E-state index in [0.29, 0.717) is 0 Å². The van der Waals surface area contributed by atoms with E-state index in [-0.39, 0.29) is 19.5 Å². The first-order valence-corrected chi connectivity index (χ1v) is 10.3. The van der Waals surface area contributed by atoms with Crippen LogP contribution in [-0.2, 0) is 23.8 Å². The summed E-state index contributed by atoms with van der Waals surface area (Å²) in [6, 6.07) is -1.54. The number of esters is 1. The minimum atomic E-state index is -0.910. The summed E-state index contributed by atoms with van der Waals surface area (Å²) in [5.41, 5.74) is 3.47. The molecule has 10 heteroatoms. The van der Waals surface area contributed by atoms with Gasteiger partial charge in [-0.25, -0.2) is 14.5 Å². The molecule has 0 aliphatic carbocycles. The lowest BCUT2D eigenvalue weighted by molar-refractivity contribution is -0.158. The summed E-state index contributed by atoms with van der Waals surface area (Å²) >= 11 is 0. The van der Waals surface area contributed by atoms with Crippen molar-refractivity contribution in [3.8, 4) is 0 Å². The molecule has 0 spiro atoms. The van der Waals surface area contributed by atoms with Gasteiger partial charge in [0.2, 0.25) is 5.91 Å². The van der Waals surface area contributed by atoms with E-state index in [1.54, 1.807) is 62.3 Å². The molecule has 1 heterocycles. The minimum Gasteiger partial charge on any atom is -0.459 e. The summed E-state index contributed by atoms with van der Waals surface area (Å²) in [6.45, 7) is 14.6. The Bertz CT molecular complexity index is 673. The summed E-state index contributed by atoms with van der Waals surface area (Å²) in [4.78, 5) is 52.3. The largest absolute Gasteiger partial charge is 0.459 e. The third-order valence-corrected chi connectivity index (χ3v) is 3.91. The molecule has 0 unspecified atom stereocenters. The molecule has 2 atom stereocenters. The number of carbonyl (C=O) groups excluding carboxylic acids is 4. The van der Waals surface area contributed by atoms with Gasteiger partial charge in [0.15, 0.2) is 0 Å². The number of ether oxygens (including phenoxy) is 3. The molecule has 10 nitrogen and oxygen atoms in total. The van der Waals surface area contributed by atoms with E-state index in [9.17, 15) is 19.2 Å². The van der Waals surface area contributed by atoms with Crippen LogP contribution < -0.4 is 5.73 Å². The van der Waals surface area contributed by atoms with Crippen molar-refractivity contribution in [2.75, 3.05) is 13.1 Å². The van der Waals surface area contributed by atoms with Gasteiger partial charge in [-0.2, -0.15) is 0 Å². The molecule has 1 aliphatic rings. The highest BCUT2D eigenvalue weighted by Crippen LogP contribution is 2.22. The molecule has 0 radical (unpaired) electrons. The summed E-state index contributed by atoms with van der Waals surface area (Å²) in [7, 11) is 0. The van der Waals surface area contributed by atoms with Crippen molar-refractivity contribution in [3.05, 3.63) is 0 Å². The first kappa shape index (κ1) is 26.7. The number of nitrogens with two attached hydrogens (primary N) is 1. The summed E-state index contributed by atoms with van der Waals surface area (Å²) in [5.74, 6) is -1.06. The fourth-order valence-electron chi connectivity index (χ4n) is 2.88. The normalized spacial score (nSPS) is 19.8. The quantitative estimate of drug-likeness (QED) is 0.518. The van der Waals surface area contributed by atoms with Gasteiger partial charge in [-0.15, -0.1) is 0 Å². The average molecular weight is 444 g/mol. The van der Waals surface area contributed by atoms with Crippen molar-refractivity contribution in [2.45, 2.75) is 97.6 Å². The average Bonchev–Trinajstić information content (AvgIpc) is 2.74. The maximum Gasteiger partial charge on any atom is 0.419 e. The first-order valence-electron chi connectivity index (χ1n) is 10.3. The van der Waals surface area contributed by atoms with Crippen molar-refractivity contribution in [3.63, 3.8) is 0 Å². The molecule has 1 fully saturated rings. The second-order valence-electron chi connectivity index (χ2n) is 10.6. The third kappa shape index (κ3) is 9.12. The third-order valence-electron chi connectivity index (χ3n) is 3.91. The van der Waals surface area contributed by atoms with Crippen LogP contribution in [0, 0.1) is 0 Å². The highest BCUT2D eigenvalue weighted by molar-refractivity contribution is 5.90. The van der Waals surface area contributed by atoms with Crippen LogP contribution in [0.3, 0.4) is 0 Å². The second-order valence-corrected chi connectivity index (χ2v) is 10.6. The van der Waals surface area contributed by atoms with Gasteiger partial charge in [0.1, 0.15) is 23.3 Å². The number of likely N-dealkylation sites (tertiary alicyclic amines) is 1. The lowest BCUT2D eigenvalue weighted by Crippen LogP contribution is -2.51. The highest BCUT2D eigenvalue weighted by Gasteiger charge is 2.43. The SMILES string of the molecule is CC(C)(C)OC(=O)CN1C(=O)[C@H](N)C[C@H]1CN(C(=O)OC(C)(C)C)C(=O)OC(C)(C)C. The molecule has 31 heavy (non-hydrogen) atoms. The predicted molar refractivity (Wildman–Crippen MR) is 113 cm³/mol. The minimum absolute atomic E-state index is 0.156. The number of hydrogen-bond acceptors (Lipinski definition) is 8. The van der Waals surface area contributed by atoms with Crippen molar-refractivity contribution in [2.24, 2.45) is 5.73 Å². The second kappa shape index (κ2) is 9.42.